The quantitative estimate of drug-likeness (QED) is 0.427. The van der Waals surface area contributed by atoms with Gasteiger partial charge in [0, 0.05) is 32.0 Å². The van der Waals surface area contributed by atoms with Gasteiger partial charge in [-0.05, 0) is 76.4 Å². The van der Waals surface area contributed by atoms with E-state index in [0.29, 0.717) is 6.54 Å². The summed E-state index contributed by atoms with van der Waals surface area (Å²) in [6.07, 6.45) is 5.70. The molecule has 7 heteroatoms. The van der Waals surface area contributed by atoms with Gasteiger partial charge >= 0.3 is 0 Å². The molecule has 0 aliphatic carbocycles. The lowest BCUT2D eigenvalue weighted by Crippen LogP contribution is -2.39. The predicted octanol–water partition coefficient (Wildman–Crippen LogP) is 2.67. The molecule has 0 bridgehead atoms. The van der Waals surface area contributed by atoms with Gasteiger partial charge in [0.1, 0.15) is 0 Å². The van der Waals surface area contributed by atoms with E-state index >= 15 is 0 Å². The zero-order valence-electron chi connectivity index (χ0n) is 18.3. The standard InChI is InChI=1S/C22H35N7/c1-17-8-12-28(13-9-17)11-5-10-24-22(23-4)26-16-20-6-7-21(25-15-20)29-19(3)14-18(2)27-29/h6-7,14-15,17H,5,8-13,16H2,1-4H3,(H2,23,24,26). The van der Waals surface area contributed by atoms with Crippen molar-refractivity contribution >= 4 is 5.96 Å². The molecule has 0 unspecified atom stereocenters. The zero-order valence-corrected chi connectivity index (χ0v) is 18.3. The van der Waals surface area contributed by atoms with Crippen LogP contribution < -0.4 is 10.6 Å². The highest BCUT2D eigenvalue weighted by molar-refractivity contribution is 5.79. The summed E-state index contributed by atoms with van der Waals surface area (Å²) in [4.78, 5) is 11.5. The summed E-state index contributed by atoms with van der Waals surface area (Å²) in [5.74, 6) is 2.57. The second-order valence-corrected chi connectivity index (χ2v) is 8.09. The van der Waals surface area contributed by atoms with Crippen molar-refractivity contribution < 1.29 is 0 Å². The molecule has 1 aliphatic heterocycles. The Balaban J connectivity index is 1.39. The van der Waals surface area contributed by atoms with Crippen LogP contribution in [0.25, 0.3) is 5.82 Å². The van der Waals surface area contributed by atoms with Crippen LogP contribution >= 0.6 is 0 Å². The Morgan fingerprint density at radius 2 is 2.00 bits per heavy atom. The SMILES string of the molecule is CN=C(NCCCN1CCC(C)CC1)NCc1ccc(-n2nc(C)cc2C)nc1. The largest absolute Gasteiger partial charge is 0.356 e. The molecule has 3 heterocycles. The minimum Gasteiger partial charge on any atom is -0.356 e. The number of likely N-dealkylation sites (tertiary alicyclic amines) is 1. The van der Waals surface area contributed by atoms with Crippen molar-refractivity contribution in [2.45, 2.75) is 46.6 Å². The first-order chi connectivity index (χ1) is 14.0. The van der Waals surface area contributed by atoms with Crippen LogP contribution in [0.1, 0.15) is 43.1 Å². The summed E-state index contributed by atoms with van der Waals surface area (Å²) in [5.41, 5.74) is 3.20. The monoisotopic (exact) mass is 397 g/mol. The second-order valence-electron chi connectivity index (χ2n) is 8.09. The van der Waals surface area contributed by atoms with Crippen molar-refractivity contribution in [3.05, 3.63) is 41.3 Å². The molecule has 0 radical (unpaired) electrons. The number of aromatic nitrogens is 3. The molecular formula is C22H35N7. The highest BCUT2D eigenvalue weighted by Gasteiger charge is 2.14. The maximum absolute atomic E-state index is 4.55. The normalized spacial score (nSPS) is 16.2. The van der Waals surface area contributed by atoms with Crippen molar-refractivity contribution in [1.82, 2.24) is 30.3 Å². The van der Waals surface area contributed by atoms with Gasteiger partial charge in [0.2, 0.25) is 0 Å². The number of aryl methyl sites for hydroxylation is 2. The third-order valence-electron chi connectivity index (χ3n) is 5.54. The van der Waals surface area contributed by atoms with Gasteiger partial charge < -0.3 is 15.5 Å². The minimum absolute atomic E-state index is 0.689. The fourth-order valence-electron chi connectivity index (χ4n) is 3.71. The van der Waals surface area contributed by atoms with E-state index in [-0.39, 0.29) is 0 Å². The summed E-state index contributed by atoms with van der Waals surface area (Å²) in [5, 5.41) is 11.3. The van der Waals surface area contributed by atoms with Crippen molar-refractivity contribution in [3.8, 4) is 5.82 Å². The number of hydrogen-bond acceptors (Lipinski definition) is 4. The van der Waals surface area contributed by atoms with Crippen molar-refractivity contribution in [2.75, 3.05) is 33.2 Å². The zero-order chi connectivity index (χ0) is 20.6. The van der Waals surface area contributed by atoms with Crippen LogP contribution in [0.5, 0.6) is 0 Å². The number of nitrogens with zero attached hydrogens (tertiary/aromatic N) is 5. The first-order valence-corrected chi connectivity index (χ1v) is 10.7. The van der Waals surface area contributed by atoms with Crippen LogP contribution in [-0.2, 0) is 6.54 Å². The Bertz CT molecular complexity index is 786. The van der Waals surface area contributed by atoms with E-state index in [2.05, 4.69) is 49.7 Å². The fourth-order valence-corrected chi connectivity index (χ4v) is 3.71. The van der Waals surface area contributed by atoms with E-state index in [9.17, 15) is 0 Å². The summed E-state index contributed by atoms with van der Waals surface area (Å²) in [7, 11) is 1.81. The van der Waals surface area contributed by atoms with Crippen LogP contribution in [-0.4, -0.2) is 58.9 Å². The Kier molecular flexibility index (Phi) is 7.63. The van der Waals surface area contributed by atoms with Crippen LogP contribution in [0, 0.1) is 19.8 Å². The van der Waals surface area contributed by atoms with Gasteiger partial charge in [0.15, 0.2) is 11.8 Å². The van der Waals surface area contributed by atoms with Gasteiger partial charge in [-0.15, -0.1) is 0 Å². The van der Waals surface area contributed by atoms with E-state index in [0.717, 1.165) is 54.2 Å². The number of hydrogen-bond donors (Lipinski definition) is 2. The molecule has 2 aromatic rings. The van der Waals surface area contributed by atoms with Gasteiger partial charge in [-0.25, -0.2) is 9.67 Å². The lowest BCUT2D eigenvalue weighted by atomic mass is 9.99. The molecule has 7 nitrogen and oxygen atoms in total. The molecule has 0 atom stereocenters. The Morgan fingerprint density at radius 1 is 1.21 bits per heavy atom. The van der Waals surface area contributed by atoms with E-state index in [4.69, 9.17) is 0 Å². The molecule has 1 aliphatic rings. The fraction of sp³-hybridized carbons (Fsp3) is 0.591. The summed E-state index contributed by atoms with van der Waals surface area (Å²) >= 11 is 0. The van der Waals surface area contributed by atoms with Crippen LogP contribution in [0.3, 0.4) is 0 Å². The molecule has 0 amide bonds. The van der Waals surface area contributed by atoms with Gasteiger partial charge in [-0.1, -0.05) is 13.0 Å². The third-order valence-corrected chi connectivity index (χ3v) is 5.54. The molecule has 0 spiro atoms. The van der Waals surface area contributed by atoms with Crippen LogP contribution in [0.2, 0.25) is 0 Å². The van der Waals surface area contributed by atoms with Gasteiger partial charge in [0.25, 0.3) is 0 Å². The molecule has 29 heavy (non-hydrogen) atoms. The van der Waals surface area contributed by atoms with Crippen molar-refractivity contribution in [3.63, 3.8) is 0 Å². The van der Waals surface area contributed by atoms with Gasteiger partial charge in [-0.3, -0.25) is 4.99 Å². The maximum Gasteiger partial charge on any atom is 0.191 e. The topological polar surface area (TPSA) is 70.4 Å². The Labute approximate surface area is 174 Å². The number of piperidine rings is 1. The Morgan fingerprint density at radius 3 is 2.62 bits per heavy atom. The molecule has 1 saturated heterocycles. The van der Waals surface area contributed by atoms with E-state index in [1.54, 1.807) is 0 Å². The molecule has 2 aromatic heterocycles. The van der Waals surface area contributed by atoms with E-state index < -0.39 is 0 Å². The number of pyridine rings is 1. The second kappa shape index (κ2) is 10.4. The third kappa shape index (κ3) is 6.29. The first-order valence-electron chi connectivity index (χ1n) is 10.7. The molecule has 0 saturated carbocycles. The summed E-state index contributed by atoms with van der Waals surface area (Å²) in [6.45, 7) is 11.7. The molecule has 158 valence electrons. The number of guanidine groups is 1. The predicted molar refractivity (Wildman–Crippen MR) is 118 cm³/mol. The maximum atomic E-state index is 4.55. The molecule has 0 aromatic carbocycles. The first kappa shape index (κ1) is 21.3. The summed E-state index contributed by atoms with van der Waals surface area (Å²) < 4.78 is 1.87. The summed E-state index contributed by atoms with van der Waals surface area (Å²) in [6, 6.07) is 6.14. The lowest BCUT2D eigenvalue weighted by Gasteiger charge is -2.30. The number of rotatable bonds is 7. The molecule has 2 N–H and O–H groups in total. The van der Waals surface area contributed by atoms with E-state index in [1.807, 2.05) is 37.8 Å². The number of nitrogens with one attached hydrogen (secondary N) is 2. The van der Waals surface area contributed by atoms with Gasteiger partial charge in [0.05, 0.1) is 5.69 Å². The number of aliphatic imine (C=N–C) groups is 1. The van der Waals surface area contributed by atoms with Gasteiger partial charge in [-0.2, -0.15) is 5.10 Å². The van der Waals surface area contributed by atoms with E-state index in [1.165, 1.54) is 25.9 Å². The average Bonchev–Trinajstić information content (AvgIpc) is 3.07. The van der Waals surface area contributed by atoms with Crippen LogP contribution in [0.4, 0.5) is 0 Å². The van der Waals surface area contributed by atoms with Crippen molar-refractivity contribution in [2.24, 2.45) is 10.9 Å². The molecular weight excluding hydrogens is 362 g/mol. The molecule has 3 rings (SSSR count). The Hall–Kier alpha value is -2.41. The highest BCUT2D eigenvalue weighted by atomic mass is 15.3. The lowest BCUT2D eigenvalue weighted by molar-refractivity contribution is 0.191. The van der Waals surface area contributed by atoms with Crippen molar-refractivity contribution in [1.29, 1.82) is 0 Å². The average molecular weight is 398 g/mol. The highest BCUT2D eigenvalue weighted by Crippen LogP contribution is 2.15. The van der Waals surface area contributed by atoms with Crippen LogP contribution in [0.15, 0.2) is 29.4 Å². The molecule has 1 fully saturated rings. The minimum atomic E-state index is 0.689. The smallest absolute Gasteiger partial charge is 0.191 e.